The van der Waals surface area contributed by atoms with Gasteiger partial charge in [0.2, 0.25) is 0 Å². The van der Waals surface area contributed by atoms with Crippen LogP contribution in [0.5, 0.6) is 0 Å². The molecule has 0 amide bonds. The fraction of sp³-hybridized carbons (Fsp3) is 0. The van der Waals surface area contributed by atoms with E-state index < -0.39 is 0 Å². The molecule has 0 aliphatic carbocycles. The van der Waals surface area contributed by atoms with Gasteiger partial charge in [-0.1, -0.05) is 18.2 Å². The van der Waals surface area contributed by atoms with Gasteiger partial charge in [0.1, 0.15) is 12.1 Å². The molecule has 0 aliphatic heterocycles. The van der Waals surface area contributed by atoms with Gasteiger partial charge in [-0.25, -0.2) is 0 Å². The third-order valence-corrected chi connectivity index (χ3v) is 2.32. The molecular formula is C14H9N3. The third-order valence-electron chi connectivity index (χ3n) is 2.32. The Morgan fingerprint density at radius 3 is 2.12 bits per heavy atom. The van der Waals surface area contributed by atoms with Gasteiger partial charge in [-0.3, -0.25) is 0 Å². The highest BCUT2D eigenvalue weighted by Crippen LogP contribution is 2.19. The molecule has 0 aromatic heterocycles. The van der Waals surface area contributed by atoms with Crippen molar-refractivity contribution in [3.05, 3.63) is 59.7 Å². The number of nitrogens with one attached hydrogen (secondary N) is 1. The molecule has 0 atom stereocenters. The van der Waals surface area contributed by atoms with Gasteiger partial charge in [0.15, 0.2) is 0 Å². The first-order chi connectivity index (χ1) is 8.33. The molecule has 0 aliphatic rings. The molecule has 3 heteroatoms. The van der Waals surface area contributed by atoms with Crippen LogP contribution in [0.15, 0.2) is 48.5 Å². The first kappa shape index (κ1) is 10.7. The predicted molar refractivity (Wildman–Crippen MR) is 65.6 cm³/mol. The predicted octanol–water partition coefficient (Wildman–Crippen LogP) is 3.17. The molecule has 0 fully saturated rings. The summed E-state index contributed by atoms with van der Waals surface area (Å²) in [6, 6.07) is 18.8. The van der Waals surface area contributed by atoms with Gasteiger partial charge in [0.25, 0.3) is 0 Å². The molecule has 17 heavy (non-hydrogen) atoms. The Kier molecular flexibility index (Phi) is 3.05. The average Bonchev–Trinajstić information content (AvgIpc) is 2.40. The van der Waals surface area contributed by atoms with E-state index in [2.05, 4.69) is 5.32 Å². The van der Waals surface area contributed by atoms with E-state index in [1.807, 2.05) is 42.5 Å². The normalized spacial score (nSPS) is 9.06. The van der Waals surface area contributed by atoms with Crippen LogP contribution in [0.25, 0.3) is 0 Å². The summed E-state index contributed by atoms with van der Waals surface area (Å²) >= 11 is 0. The Morgan fingerprint density at radius 2 is 1.47 bits per heavy atom. The molecule has 0 heterocycles. The molecule has 0 saturated carbocycles. The van der Waals surface area contributed by atoms with E-state index in [1.54, 1.807) is 18.2 Å². The van der Waals surface area contributed by atoms with Gasteiger partial charge in [-0.05, 0) is 30.3 Å². The lowest BCUT2D eigenvalue weighted by molar-refractivity contribution is 1.42. The Balaban J connectivity index is 2.30. The van der Waals surface area contributed by atoms with E-state index >= 15 is 0 Å². The van der Waals surface area contributed by atoms with Gasteiger partial charge in [-0.2, -0.15) is 10.5 Å². The second kappa shape index (κ2) is 4.83. The lowest BCUT2D eigenvalue weighted by atomic mass is 10.1. The topological polar surface area (TPSA) is 59.6 Å². The standard InChI is InChI=1S/C14H9N3/c15-9-11-6-7-14(8-12(11)10-16)17-13-4-2-1-3-5-13/h1-8,17H. The van der Waals surface area contributed by atoms with E-state index in [0.717, 1.165) is 11.4 Å². The summed E-state index contributed by atoms with van der Waals surface area (Å²) in [5.41, 5.74) is 2.52. The van der Waals surface area contributed by atoms with Crippen LogP contribution in [0.2, 0.25) is 0 Å². The zero-order valence-electron chi connectivity index (χ0n) is 9.01. The van der Waals surface area contributed by atoms with Crippen molar-refractivity contribution in [2.24, 2.45) is 0 Å². The molecule has 0 saturated heterocycles. The van der Waals surface area contributed by atoms with Crippen molar-refractivity contribution >= 4 is 11.4 Å². The SMILES string of the molecule is N#Cc1ccc(Nc2ccccc2)cc1C#N. The minimum Gasteiger partial charge on any atom is -0.355 e. The van der Waals surface area contributed by atoms with Crippen LogP contribution in [0.1, 0.15) is 11.1 Å². The van der Waals surface area contributed by atoms with Crippen LogP contribution in [0.3, 0.4) is 0 Å². The van der Waals surface area contributed by atoms with Gasteiger partial charge in [0, 0.05) is 11.4 Å². The van der Waals surface area contributed by atoms with E-state index in [4.69, 9.17) is 10.5 Å². The summed E-state index contributed by atoms with van der Waals surface area (Å²) in [4.78, 5) is 0. The Labute approximate surface area is 99.6 Å². The van der Waals surface area contributed by atoms with Crippen molar-refractivity contribution in [1.82, 2.24) is 0 Å². The minimum absolute atomic E-state index is 0.383. The largest absolute Gasteiger partial charge is 0.355 e. The summed E-state index contributed by atoms with van der Waals surface area (Å²) in [5, 5.41) is 20.9. The smallest absolute Gasteiger partial charge is 0.101 e. The highest BCUT2D eigenvalue weighted by atomic mass is 14.9. The van der Waals surface area contributed by atoms with Crippen LogP contribution in [0, 0.1) is 22.7 Å². The van der Waals surface area contributed by atoms with Crippen LogP contribution >= 0.6 is 0 Å². The van der Waals surface area contributed by atoms with Crippen molar-refractivity contribution in [2.75, 3.05) is 5.32 Å². The Bertz CT molecular complexity index is 604. The van der Waals surface area contributed by atoms with E-state index in [-0.39, 0.29) is 0 Å². The van der Waals surface area contributed by atoms with Crippen LogP contribution in [0.4, 0.5) is 11.4 Å². The Hall–Kier alpha value is -2.78. The zero-order valence-corrected chi connectivity index (χ0v) is 9.01. The quantitative estimate of drug-likeness (QED) is 0.843. The highest BCUT2D eigenvalue weighted by Gasteiger charge is 2.02. The average molecular weight is 219 g/mol. The van der Waals surface area contributed by atoms with Crippen LogP contribution in [-0.2, 0) is 0 Å². The summed E-state index contributed by atoms with van der Waals surface area (Å²) in [6.07, 6.45) is 0. The highest BCUT2D eigenvalue weighted by molar-refractivity contribution is 5.63. The number of benzene rings is 2. The minimum atomic E-state index is 0.383. The molecular weight excluding hydrogens is 210 g/mol. The van der Waals surface area contributed by atoms with Gasteiger partial charge in [-0.15, -0.1) is 0 Å². The molecule has 0 radical (unpaired) electrons. The molecule has 80 valence electrons. The lowest BCUT2D eigenvalue weighted by Crippen LogP contribution is -1.92. The van der Waals surface area contributed by atoms with Crippen molar-refractivity contribution in [2.45, 2.75) is 0 Å². The van der Waals surface area contributed by atoms with Crippen molar-refractivity contribution < 1.29 is 0 Å². The van der Waals surface area contributed by atoms with Crippen LogP contribution < -0.4 is 5.32 Å². The number of nitrogens with zero attached hydrogens (tertiary/aromatic N) is 2. The summed E-state index contributed by atoms with van der Waals surface area (Å²) < 4.78 is 0. The number of rotatable bonds is 2. The molecule has 3 nitrogen and oxygen atoms in total. The molecule has 0 bridgehead atoms. The van der Waals surface area contributed by atoms with E-state index in [1.165, 1.54) is 0 Å². The van der Waals surface area contributed by atoms with Crippen molar-refractivity contribution in [3.8, 4) is 12.1 Å². The molecule has 2 rings (SSSR count). The number of hydrogen-bond donors (Lipinski definition) is 1. The maximum absolute atomic E-state index is 8.91. The summed E-state index contributed by atoms with van der Waals surface area (Å²) in [7, 11) is 0. The van der Waals surface area contributed by atoms with E-state index in [0.29, 0.717) is 11.1 Å². The monoisotopic (exact) mass is 219 g/mol. The second-order valence-electron chi connectivity index (χ2n) is 3.47. The molecule has 0 unspecified atom stereocenters. The fourth-order valence-electron chi connectivity index (χ4n) is 1.50. The zero-order chi connectivity index (χ0) is 12.1. The van der Waals surface area contributed by atoms with Gasteiger partial charge < -0.3 is 5.32 Å². The van der Waals surface area contributed by atoms with Gasteiger partial charge in [0.05, 0.1) is 11.1 Å². The van der Waals surface area contributed by atoms with Crippen molar-refractivity contribution in [3.63, 3.8) is 0 Å². The first-order valence-corrected chi connectivity index (χ1v) is 5.10. The Morgan fingerprint density at radius 1 is 0.765 bits per heavy atom. The number of anilines is 2. The maximum Gasteiger partial charge on any atom is 0.101 e. The number of para-hydroxylation sites is 1. The van der Waals surface area contributed by atoms with Crippen molar-refractivity contribution in [1.29, 1.82) is 10.5 Å². The molecule has 2 aromatic carbocycles. The summed E-state index contributed by atoms with van der Waals surface area (Å²) in [6.45, 7) is 0. The van der Waals surface area contributed by atoms with Crippen LogP contribution in [-0.4, -0.2) is 0 Å². The van der Waals surface area contributed by atoms with Gasteiger partial charge >= 0.3 is 0 Å². The molecule has 2 aromatic rings. The summed E-state index contributed by atoms with van der Waals surface area (Å²) in [5.74, 6) is 0. The van der Waals surface area contributed by atoms with E-state index in [9.17, 15) is 0 Å². The number of hydrogen-bond acceptors (Lipinski definition) is 3. The number of nitriles is 2. The third kappa shape index (κ3) is 2.42. The fourth-order valence-corrected chi connectivity index (χ4v) is 1.50. The lowest BCUT2D eigenvalue weighted by Gasteiger charge is -2.06. The maximum atomic E-state index is 8.91. The second-order valence-corrected chi connectivity index (χ2v) is 3.47. The molecule has 1 N–H and O–H groups in total. The first-order valence-electron chi connectivity index (χ1n) is 5.10. The molecule has 0 spiro atoms.